The first-order valence-corrected chi connectivity index (χ1v) is 13.9. The maximum atomic E-state index is 13.8. The second kappa shape index (κ2) is 10.5. The van der Waals surface area contributed by atoms with E-state index < -0.39 is 5.60 Å². The smallest absolute Gasteiger partial charge is 0.410 e. The van der Waals surface area contributed by atoms with Crippen molar-refractivity contribution in [2.45, 2.75) is 77.0 Å². The Hall–Kier alpha value is -2.64. The molecule has 1 saturated carbocycles. The Morgan fingerprint density at radius 2 is 1.87 bits per heavy atom. The summed E-state index contributed by atoms with van der Waals surface area (Å²) in [7, 11) is 0. The zero-order valence-corrected chi connectivity index (χ0v) is 23.4. The average Bonchev–Trinajstić information content (AvgIpc) is 3.58. The second-order valence-corrected chi connectivity index (χ2v) is 12.4. The fourth-order valence-electron chi connectivity index (χ4n) is 5.28. The third kappa shape index (κ3) is 6.15. The van der Waals surface area contributed by atoms with E-state index in [1.54, 1.807) is 4.90 Å². The summed E-state index contributed by atoms with van der Waals surface area (Å²) in [5.41, 5.74) is 1.99. The third-order valence-electron chi connectivity index (χ3n) is 7.67. The summed E-state index contributed by atoms with van der Waals surface area (Å²) in [5.74, 6) is 0.450. The van der Waals surface area contributed by atoms with Gasteiger partial charge < -0.3 is 14.4 Å². The number of likely N-dealkylation sites (tertiary alicyclic amines) is 1. The van der Waals surface area contributed by atoms with E-state index >= 15 is 0 Å². The fourth-order valence-corrected chi connectivity index (χ4v) is 5.52. The van der Waals surface area contributed by atoms with E-state index in [0.717, 1.165) is 34.5 Å². The molecule has 38 heavy (non-hydrogen) atoms. The summed E-state index contributed by atoms with van der Waals surface area (Å²) < 4.78 is 28.0. The Kier molecular flexibility index (Phi) is 7.44. The van der Waals surface area contributed by atoms with Crippen LogP contribution in [0.1, 0.15) is 70.6 Å². The molecule has 1 amide bonds. The second-order valence-electron chi connectivity index (χ2n) is 11.9. The van der Waals surface area contributed by atoms with Gasteiger partial charge in [-0.1, -0.05) is 23.7 Å². The highest BCUT2D eigenvalue weighted by Gasteiger charge is 2.39. The molecule has 2 heterocycles. The van der Waals surface area contributed by atoms with Crippen LogP contribution in [0, 0.1) is 11.7 Å². The van der Waals surface area contributed by atoms with Gasteiger partial charge in [-0.05, 0) is 89.1 Å². The Morgan fingerprint density at radius 1 is 1.18 bits per heavy atom. The van der Waals surface area contributed by atoms with Crippen molar-refractivity contribution in [2.75, 3.05) is 19.7 Å². The summed E-state index contributed by atoms with van der Waals surface area (Å²) in [6.07, 6.45) is 5.42. The number of carbonyl (C=O) groups is 1. The first-order chi connectivity index (χ1) is 18.0. The highest BCUT2D eigenvalue weighted by Crippen LogP contribution is 2.39. The van der Waals surface area contributed by atoms with Gasteiger partial charge in [-0.3, -0.25) is 4.68 Å². The van der Waals surface area contributed by atoms with Crippen LogP contribution in [0.2, 0.25) is 5.02 Å². The van der Waals surface area contributed by atoms with Gasteiger partial charge in [-0.25, -0.2) is 9.18 Å². The minimum Gasteiger partial charge on any atom is -0.444 e. The normalized spacial score (nSPS) is 18.5. The molecule has 8 heteroatoms. The van der Waals surface area contributed by atoms with Gasteiger partial charge in [-0.15, -0.1) is 0 Å². The number of amides is 1. The monoisotopic (exact) mass is 541 g/mol. The number of carbonyl (C=O) groups excluding carboxylic acids is 1. The van der Waals surface area contributed by atoms with Crippen LogP contribution in [-0.2, 0) is 21.4 Å². The van der Waals surface area contributed by atoms with Crippen LogP contribution >= 0.6 is 11.6 Å². The first kappa shape index (κ1) is 26.9. The van der Waals surface area contributed by atoms with Gasteiger partial charge in [0.2, 0.25) is 0 Å². The number of hydrogen-bond acceptors (Lipinski definition) is 4. The molecule has 1 aromatic heterocycles. The van der Waals surface area contributed by atoms with Crippen LogP contribution in [0.5, 0.6) is 0 Å². The molecule has 0 spiro atoms. The van der Waals surface area contributed by atoms with Crippen molar-refractivity contribution in [1.82, 2.24) is 14.7 Å². The van der Waals surface area contributed by atoms with Gasteiger partial charge in [0.25, 0.3) is 0 Å². The topological polar surface area (TPSA) is 56.6 Å². The number of halogens is 2. The first-order valence-electron chi connectivity index (χ1n) is 13.5. The Bertz CT molecular complexity index is 1290. The standard InChI is InChI=1S/C30H37ClFN3O3/c1-20(26-16-24(31)15-22-18-35(33-27(22)26)17-21-5-6-21)37-19-30(23-7-9-25(32)10-8-23)11-13-34(14-12-30)28(36)38-29(2,3)4/h7-10,15-16,18,20-21H,5-6,11-14,17,19H2,1-4H3. The quantitative estimate of drug-likeness (QED) is 0.315. The molecule has 6 nitrogen and oxygen atoms in total. The van der Waals surface area contributed by atoms with Gasteiger partial charge in [0.1, 0.15) is 11.4 Å². The Balaban J connectivity index is 1.35. The number of ether oxygens (including phenoxy) is 2. The maximum Gasteiger partial charge on any atom is 0.410 e. The van der Waals surface area contributed by atoms with Gasteiger partial charge in [0, 0.05) is 47.2 Å². The van der Waals surface area contributed by atoms with Crippen molar-refractivity contribution in [3.05, 3.63) is 64.6 Å². The highest BCUT2D eigenvalue weighted by atomic mass is 35.5. The summed E-state index contributed by atoms with van der Waals surface area (Å²) in [5, 5.41) is 6.55. The molecule has 0 N–H and O–H groups in total. The number of hydrogen-bond donors (Lipinski definition) is 0. The van der Waals surface area contributed by atoms with Gasteiger partial charge >= 0.3 is 6.09 Å². The number of rotatable bonds is 7. The van der Waals surface area contributed by atoms with Gasteiger partial charge in [0.05, 0.1) is 18.2 Å². The van der Waals surface area contributed by atoms with Crippen molar-refractivity contribution >= 4 is 28.6 Å². The number of aromatic nitrogens is 2. The van der Waals surface area contributed by atoms with Crippen LogP contribution < -0.4 is 0 Å². The number of piperidine rings is 1. The van der Waals surface area contributed by atoms with E-state index in [1.807, 2.05) is 56.6 Å². The van der Waals surface area contributed by atoms with Crippen LogP contribution in [-0.4, -0.2) is 46.1 Å². The van der Waals surface area contributed by atoms with Crippen molar-refractivity contribution < 1.29 is 18.7 Å². The average molecular weight is 542 g/mol. The largest absolute Gasteiger partial charge is 0.444 e. The molecule has 2 aromatic carbocycles. The molecular formula is C30H37ClFN3O3. The van der Waals surface area contributed by atoms with E-state index in [2.05, 4.69) is 6.20 Å². The maximum absolute atomic E-state index is 13.8. The lowest BCUT2D eigenvalue weighted by atomic mass is 9.73. The van der Waals surface area contributed by atoms with Crippen LogP contribution in [0.25, 0.3) is 10.9 Å². The third-order valence-corrected chi connectivity index (χ3v) is 7.89. The number of fused-ring (bicyclic) bond motifs is 1. The van der Waals surface area contributed by atoms with E-state index in [9.17, 15) is 9.18 Å². The van der Waals surface area contributed by atoms with Crippen molar-refractivity contribution in [1.29, 1.82) is 0 Å². The van der Waals surface area contributed by atoms with E-state index in [4.69, 9.17) is 26.2 Å². The van der Waals surface area contributed by atoms with Gasteiger partial charge in [0.15, 0.2) is 0 Å². The fraction of sp³-hybridized carbons (Fsp3) is 0.533. The minimum absolute atomic E-state index is 0.248. The van der Waals surface area contributed by atoms with Crippen LogP contribution in [0.15, 0.2) is 42.6 Å². The summed E-state index contributed by atoms with van der Waals surface area (Å²) in [4.78, 5) is 14.4. The molecule has 0 bridgehead atoms. The Morgan fingerprint density at radius 3 is 2.50 bits per heavy atom. The Labute approximate surface area is 229 Å². The molecule has 0 radical (unpaired) electrons. The zero-order valence-electron chi connectivity index (χ0n) is 22.7. The zero-order chi connectivity index (χ0) is 27.1. The summed E-state index contributed by atoms with van der Waals surface area (Å²) >= 11 is 6.50. The van der Waals surface area contributed by atoms with Crippen LogP contribution in [0.4, 0.5) is 9.18 Å². The molecule has 1 aliphatic carbocycles. The highest BCUT2D eigenvalue weighted by molar-refractivity contribution is 6.31. The van der Waals surface area contributed by atoms with E-state index in [0.29, 0.717) is 37.6 Å². The lowest BCUT2D eigenvalue weighted by molar-refractivity contribution is -0.00934. The van der Waals surface area contributed by atoms with Crippen molar-refractivity contribution in [2.24, 2.45) is 5.92 Å². The molecule has 1 saturated heterocycles. The van der Waals surface area contributed by atoms with Crippen molar-refractivity contribution in [3.8, 4) is 0 Å². The summed E-state index contributed by atoms with van der Waals surface area (Å²) in [6, 6.07) is 10.6. The molecule has 2 fully saturated rings. The lowest BCUT2D eigenvalue weighted by Gasteiger charge is -2.42. The predicted octanol–water partition coefficient (Wildman–Crippen LogP) is 7.29. The van der Waals surface area contributed by atoms with E-state index in [-0.39, 0.29) is 23.4 Å². The molecule has 1 atom stereocenters. The molecule has 204 valence electrons. The molecule has 1 aliphatic heterocycles. The molecule has 1 unspecified atom stereocenters. The number of benzene rings is 2. The summed E-state index contributed by atoms with van der Waals surface area (Å²) in [6.45, 7) is 10.1. The lowest BCUT2D eigenvalue weighted by Crippen LogP contribution is -2.48. The van der Waals surface area contributed by atoms with Crippen molar-refractivity contribution in [3.63, 3.8) is 0 Å². The molecule has 3 aromatic rings. The SMILES string of the molecule is CC(OCC1(c2ccc(F)cc2)CCN(C(=O)OC(C)(C)C)CC1)c1cc(Cl)cc2cn(CC3CC3)nc12. The molecule has 2 aliphatic rings. The molecule has 5 rings (SSSR count). The molecular weight excluding hydrogens is 505 g/mol. The predicted molar refractivity (Wildman–Crippen MR) is 147 cm³/mol. The van der Waals surface area contributed by atoms with Gasteiger partial charge in [-0.2, -0.15) is 5.10 Å². The number of nitrogens with zero attached hydrogens (tertiary/aromatic N) is 3. The van der Waals surface area contributed by atoms with E-state index in [1.165, 1.54) is 25.0 Å². The van der Waals surface area contributed by atoms with Crippen LogP contribution in [0.3, 0.4) is 0 Å². The minimum atomic E-state index is -0.547.